The molecule has 0 radical (unpaired) electrons. The van der Waals surface area contributed by atoms with E-state index in [-0.39, 0.29) is 36.8 Å². The third-order valence-electron chi connectivity index (χ3n) is 7.30. The molecular weight excluding hydrogens is 451 g/mol. The first-order chi connectivity index (χ1) is 16.7. The van der Waals surface area contributed by atoms with Crippen molar-refractivity contribution in [2.24, 2.45) is 5.92 Å². The number of hydrogen-bond acceptors (Lipinski definition) is 6. The topological polar surface area (TPSA) is 73.4 Å². The van der Waals surface area contributed by atoms with Gasteiger partial charge in [0.05, 0.1) is 12.0 Å². The summed E-state index contributed by atoms with van der Waals surface area (Å²) in [4.78, 5) is 47.0. The van der Waals surface area contributed by atoms with Crippen molar-refractivity contribution in [3.63, 3.8) is 0 Å². The van der Waals surface area contributed by atoms with Crippen LogP contribution in [0.2, 0.25) is 0 Å². The summed E-state index contributed by atoms with van der Waals surface area (Å²) in [7, 11) is 7.15. The fourth-order valence-electron chi connectivity index (χ4n) is 5.12. The van der Waals surface area contributed by atoms with Gasteiger partial charge in [0.2, 0.25) is 17.7 Å². The predicted molar refractivity (Wildman–Crippen MR) is 131 cm³/mol. The summed E-state index contributed by atoms with van der Waals surface area (Å²) in [5, 5.41) is 0. The summed E-state index contributed by atoms with van der Waals surface area (Å²) < 4.78 is 20.1. The molecule has 2 aliphatic heterocycles. The number of carbonyl (C=O) groups is 3. The third kappa shape index (κ3) is 6.45. The zero-order chi connectivity index (χ0) is 25.6. The van der Waals surface area contributed by atoms with Crippen molar-refractivity contribution in [2.75, 3.05) is 74.1 Å². The van der Waals surface area contributed by atoms with E-state index in [0.717, 1.165) is 32.5 Å². The van der Waals surface area contributed by atoms with Crippen molar-refractivity contribution >= 4 is 17.7 Å². The maximum Gasteiger partial charge on any atom is 0.241 e. The minimum atomic E-state index is -1.51. The first kappa shape index (κ1) is 27.2. The minimum absolute atomic E-state index is 0.124. The molecule has 3 amide bonds. The molecule has 0 bridgehead atoms. The van der Waals surface area contributed by atoms with Crippen LogP contribution in [0.5, 0.6) is 0 Å². The molecule has 0 unspecified atom stereocenters. The fraction of sp³-hybridized carbons (Fsp3) is 0.654. The molecule has 35 heavy (non-hydrogen) atoms. The number of piperidine rings is 1. The summed E-state index contributed by atoms with van der Waals surface area (Å²) in [6, 6.07) is 6.00. The van der Waals surface area contributed by atoms with Crippen LogP contribution in [0.4, 0.5) is 4.39 Å². The molecule has 2 saturated heterocycles. The number of likely N-dealkylation sites (N-methyl/N-ethyl adjacent to an activating group) is 1. The van der Waals surface area contributed by atoms with Crippen molar-refractivity contribution in [2.45, 2.75) is 31.1 Å². The Balaban J connectivity index is 1.73. The number of nitrogens with zero attached hydrogens (tertiary/aromatic N) is 4. The predicted octanol–water partition coefficient (Wildman–Crippen LogP) is 1.59. The lowest BCUT2D eigenvalue weighted by molar-refractivity contribution is -0.142. The molecule has 0 aromatic heterocycles. The SMILES string of the molecule is COCCN1CCC(CN(C)C(=O)C[C@]2(c3ccccc3F)CC(=O)N(CCN(C)C)C2=O)CC1. The van der Waals surface area contributed by atoms with Gasteiger partial charge in [0.15, 0.2) is 0 Å². The second-order valence-electron chi connectivity index (χ2n) is 10.1. The maximum atomic E-state index is 14.9. The highest BCUT2D eigenvalue weighted by molar-refractivity contribution is 6.10. The van der Waals surface area contributed by atoms with Gasteiger partial charge in [-0.25, -0.2) is 4.39 Å². The molecule has 1 aromatic carbocycles. The summed E-state index contributed by atoms with van der Waals surface area (Å²) in [5.41, 5.74) is -1.39. The highest BCUT2D eigenvalue weighted by atomic mass is 19.1. The molecule has 3 rings (SSSR count). The number of benzene rings is 1. The smallest absolute Gasteiger partial charge is 0.241 e. The van der Waals surface area contributed by atoms with E-state index in [9.17, 15) is 18.8 Å². The molecule has 0 saturated carbocycles. The molecule has 0 aliphatic carbocycles. The van der Waals surface area contributed by atoms with Gasteiger partial charge in [-0.2, -0.15) is 0 Å². The quantitative estimate of drug-likeness (QED) is 0.439. The molecule has 2 fully saturated rings. The Kier molecular flexibility index (Phi) is 9.38. The number of likely N-dealkylation sites (tertiary alicyclic amines) is 2. The molecule has 2 aliphatic rings. The molecule has 0 spiro atoms. The second kappa shape index (κ2) is 12.1. The first-order valence-corrected chi connectivity index (χ1v) is 12.4. The fourth-order valence-corrected chi connectivity index (χ4v) is 5.12. The van der Waals surface area contributed by atoms with E-state index in [2.05, 4.69) is 4.90 Å². The summed E-state index contributed by atoms with van der Waals surface area (Å²) in [6.45, 7) is 4.83. The van der Waals surface area contributed by atoms with Gasteiger partial charge in [-0.1, -0.05) is 18.2 Å². The Hall–Kier alpha value is -2.36. The number of carbonyl (C=O) groups excluding carboxylic acids is 3. The summed E-state index contributed by atoms with van der Waals surface area (Å²) >= 11 is 0. The molecule has 9 heteroatoms. The highest BCUT2D eigenvalue weighted by Gasteiger charge is 2.55. The Bertz CT molecular complexity index is 903. The van der Waals surface area contributed by atoms with Crippen molar-refractivity contribution in [1.29, 1.82) is 0 Å². The van der Waals surface area contributed by atoms with Gasteiger partial charge in [-0.15, -0.1) is 0 Å². The average molecular weight is 491 g/mol. The minimum Gasteiger partial charge on any atom is -0.383 e. The molecule has 194 valence electrons. The number of hydrogen-bond donors (Lipinski definition) is 0. The van der Waals surface area contributed by atoms with Crippen LogP contribution in [0.25, 0.3) is 0 Å². The van der Waals surface area contributed by atoms with Crippen LogP contribution in [0.15, 0.2) is 24.3 Å². The number of amides is 3. The van der Waals surface area contributed by atoms with Gasteiger partial charge in [0.1, 0.15) is 5.82 Å². The van der Waals surface area contributed by atoms with E-state index in [0.29, 0.717) is 25.6 Å². The van der Waals surface area contributed by atoms with Crippen LogP contribution in [-0.2, 0) is 24.5 Å². The van der Waals surface area contributed by atoms with E-state index in [1.807, 2.05) is 19.0 Å². The molecule has 2 heterocycles. The Labute approximate surface area is 208 Å². The second-order valence-corrected chi connectivity index (χ2v) is 10.1. The molecule has 0 N–H and O–H groups in total. The van der Waals surface area contributed by atoms with Crippen molar-refractivity contribution in [3.05, 3.63) is 35.6 Å². The van der Waals surface area contributed by atoms with E-state index in [4.69, 9.17) is 4.74 Å². The zero-order valence-electron chi connectivity index (χ0n) is 21.5. The number of methoxy groups -OCH3 is 1. The lowest BCUT2D eigenvalue weighted by Crippen LogP contribution is -2.45. The van der Waals surface area contributed by atoms with Crippen molar-refractivity contribution < 1.29 is 23.5 Å². The number of ether oxygens (including phenoxy) is 1. The molecule has 1 atom stereocenters. The van der Waals surface area contributed by atoms with Gasteiger partial charge in [-0.3, -0.25) is 19.3 Å². The van der Waals surface area contributed by atoms with E-state index < -0.39 is 17.1 Å². The number of halogens is 1. The van der Waals surface area contributed by atoms with E-state index in [1.54, 1.807) is 31.2 Å². The average Bonchev–Trinajstić information content (AvgIpc) is 3.06. The van der Waals surface area contributed by atoms with E-state index >= 15 is 0 Å². The Morgan fingerprint density at radius 2 is 1.83 bits per heavy atom. The van der Waals surface area contributed by atoms with Gasteiger partial charge in [-0.05, 0) is 52.0 Å². The largest absolute Gasteiger partial charge is 0.383 e. The molecule has 8 nitrogen and oxygen atoms in total. The Morgan fingerprint density at radius 1 is 1.14 bits per heavy atom. The van der Waals surface area contributed by atoms with Crippen LogP contribution in [0.3, 0.4) is 0 Å². The van der Waals surface area contributed by atoms with Crippen LogP contribution < -0.4 is 0 Å². The number of rotatable bonds is 11. The zero-order valence-corrected chi connectivity index (χ0v) is 21.5. The van der Waals surface area contributed by atoms with E-state index in [1.165, 1.54) is 17.0 Å². The normalized spacial score (nSPS) is 21.8. The van der Waals surface area contributed by atoms with Gasteiger partial charge >= 0.3 is 0 Å². The van der Waals surface area contributed by atoms with Crippen LogP contribution in [-0.4, -0.2) is 111 Å². The lowest BCUT2D eigenvalue weighted by Gasteiger charge is -2.35. The van der Waals surface area contributed by atoms with Crippen molar-refractivity contribution in [3.8, 4) is 0 Å². The summed E-state index contributed by atoms with van der Waals surface area (Å²) in [5.74, 6) is -1.29. The van der Waals surface area contributed by atoms with Crippen LogP contribution >= 0.6 is 0 Å². The monoisotopic (exact) mass is 490 g/mol. The van der Waals surface area contributed by atoms with Crippen molar-refractivity contribution in [1.82, 2.24) is 19.6 Å². The molecule has 1 aromatic rings. The first-order valence-electron chi connectivity index (χ1n) is 12.4. The van der Waals surface area contributed by atoms with Gasteiger partial charge < -0.3 is 19.4 Å². The molecular formula is C26H39FN4O4. The maximum absolute atomic E-state index is 14.9. The number of imide groups is 1. The lowest BCUT2D eigenvalue weighted by atomic mass is 9.75. The van der Waals surface area contributed by atoms with Crippen LogP contribution in [0, 0.1) is 11.7 Å². The van der Waals surface area contributed by atoms with Gasteiger partial charge in [0, 0.05) is 58.7 Å². The van der Waals surface area contributed by atoms with Gasteiger partial charge in [0.25, 0.3) is 0 Å². The van der Waals surface area contributed by atoms with Crippen LogP contribution in [0.1, 0.15) is 31.2 Å². The third-order valence-corrected chi connectivity index (χ3v) is 7.30. The Morgan fingerprint density at radius 3 is 2.46 bits per heavy atom. The highest BCUT2D eigenvalue weighted by Crippen LogP contribution is 2.41. The standard InChI is InChI=1S/C26H39FN4O4/c1-28(2)13-14-31-24(33)18-26(25(31)34,21-7-5-6-8-22(21)27)17-23(32)29(3)19-20-9-11-30(12-10-20)15-16-35-4/h5-8,20H,9-19H2,1-4H3/t26-/m1/s1. The summed E-state index contributed by atoms with van der Waals surface area (Å²) in [6.07, 6.45) is 1.54.